The second-order valence-corrected chi connectivity index (χ2v) is 9.83. The van der Waals surface area contributed by atoms with Gasteiger partial charge in [-0.05, 0) is 92.9 Å². The van der Waals surface area contributed by atoms with Gasteiger partial charge >= 0.3 is 0 Å². The van der Waals surface area contributed by atoms with Crippen molar-refractivity contribution in [3.63, 3.8) is 0 Å². The highest BCUT2D eigenvalue weighted by molar-refractivity contribution is 6.03. The molecule has 6 heteroatoms. The van der Waals surface area contributed by atoms with Crippen LogP contribution in [0.15, 0.2) is 66.9 Å². The van der Waals surface area contributed by atoms with Gasteiger partial charge in [-0.25, -0.2) is 0 Å². The lowest BCUT2D eigenvalue weighted by molar-refractivity contribution is 0.172. The summed E-state index contributed by atoms with van der Waals surface area (Å²) in [5.41, 5.74) is 6.13. The van der Waals surface area contributed by atoms with E-state index in [1.165, 1.54) is 25.9 Å². The number of rotatable bonds is 6. The standard InChI is InChI=1S/C30H31N3O3/c1-19(33-14-3-4-15-33)18-35-23-11-8-21(9-12-23)30-29(24-6-5-7-27-26(24)17-31-32-27)20(2)25-16-22(34)10-13-28(25)36-30/h5-13,16-17,19,30,34H,3-4,14-15,18H2,1-2H3,(H,31,32)/t19-,30?/m0/s1. The van der Waals surface area contributed by atoms with Gasteiger partial charge in [-0.3, -0.25) is 10.00 Å². The van der Waals surface area contributed by atoms with Crippen molar-refractivity contribution in [2.45, 2.75) is 38.8 Å². The van der Waals surface area contributed by atoms with E-state index in [1.807, 2.05) is 36.5 Å². The summed E-state index contributed by atoms with van der Waals surface area (Å²) in [6.07, 6.45) is 4.12. The summed E-state index contributed by atoms with van der Waals surface area (Å²) >= 11 is 0. The smallest absolute Gasteiger partial charge is 0.150 e. The van der Waals surface area contributed by atoms with E-state index in [4.69, 9.17) is 9.47 Å². The molecule has 1 fully saturated rings. The molecular weight excluding hydrogens is 450 g/mol. The predicted molar refractivity (Wildman–Crippen MR) is 142 cm³/mol. The van der Waals surface area contributed by atoms with Crippen molar-refractivity contribution in [3.05, 3.63) is 83.6 Å². The Morgan fingerprint density at radius 1 is 1.08 bits per heavy atom. The van der Waals surface area contributed by atoms with Crippen molar-refractivity contribution in [1.29, 1.82) is 0 Å². The number of fused-ring (bicyclic) bond motifs is 2. The van der Waals surface area contributed by atoms with Crippen LogP contribution in [0.25, 0.3) is 22.0 Å². The molecule has 0 bridgehead atoms. The van der Waals surface area contributed by atoms with E-state index in [0.29, 0.717) is 12.6 Å². The fraction of sp³-hybridized carbons (Fsp3) is 0.300. The topological polar surface area (TPSA) is 70.6 Å². The van der Waals surface area contributed by atoms with Crippen LogP contribution in [0.5, 0.6) is 17.2 Å². The van der Waals surface area contributed by atoms with Crippen LogP contribution in [0.4, 0.5) is 0 Å². The minimum absolute atomic E-state index is 0.223. The minimum atomic E-state index is -0.305. The Kier molecular flexibility index (Phi) is 5.89. The highest BCUT2D eigenvalue weighted by Crippen LogP contribution is 2.48. The number of likely N-dealkylation sites (tertiary alicyclic amines) is 1. The molecule has 36 heavy (non-hydrogen) atoms. The average Bonchev–Trinajstić information content (AvgIpc) is 3.61. The fourth-order valence-corrected chi connectivity index (χ4v) is 5.47. The molecule has 3 aromatic carbocycles. The molecule has 3 heterocycles. The maximum Gasteiger partial charge on any atom is 0.150 e. The quantitative estimate of drug-likeness (QED) is 0.343. The number of allylic oxidation sites excluding steroid dienone is 1. The first-order valence-electron chi connectivity index (χ1n) is 12.7. The SMILES string of the molecule is CC1=C(c2cccc3[nH]ncc23)C(c2ccc(OC[C@H](C)N3CCCC3)cc2)Oc2ccc(O)cc21. The molecule has 2 N–H and O–H groups in total. The highest BCUT2D eigenvalue weighted by Gasteiger charge is 2.30. The molecule has 6 nitrogen and oxygen atoms in total. The van der Waals surface area contributed by atoms with Crippen LogP contribution in [0.2, 0.25) is 0 Å². The molecule has 1 aromatic heterocycles. The Bertz CT molecular complexity index is 1420. The molecule has 1 unspecified atom stereocenters. The summed E-state index contributed by atoms with van der Waals surface area (Å²) in [6.45, 7) is 7.35. The Balaban J connectivity index is 1.34. The number of aromatic amines is 1. The van der Waals surface area contributed by atoms with E-state index in [1.54, 1.807) is 12.1 Å². The monoisotopic (exact) mass is 481 g/mol. The molecule has 6 rings (SSSR count). The van der Waals surface area contributed by atoms with Crippen molar-refractivity contribution < 1.29 is 14.6 Å². The van der Waals surface area contributed by atoms with Gasteiger partial charge in [0.2, 0.25) is 0 Å². The number of aromatic nitrogens is 2. The van der Waals surface area contributed by atoms with E-state index in [0.717, 1.165) is 50.2 Å². The van der Waals surface area contributed by atoms with Gasteiger partial charge in [0, 0.05) is 22.6 Å². The lowest BCUT2D eigenvalue weighted by Gasteiger charge is -2.31. The second kappa shape index (κ2) is 9.36. The van der Waals surface area contributed by atoms with Crippen LogP contribution in [-0.2, 0) is 0 Å². The van der Waals surface area contributed by atoms with Crippen LogP contribution in [0.3, 0.4) is 0 Å². The summed E-state index contributed by atoms with van der Waals surface area (Å²) in [5.74, 6) is 1.85. The van der Waals surface area contributed by atoms with Gasteiger partial charge in [-0.2, -0.15) is 5.10 Å². The number of nitrogens with one attached hydrogen (secondary N) is 1. The van der Waals surface area contributed by atoms with Gasteiger partial charge in [0.05, 0.1) is 11.7 Å². The molecule has 2 atom stereocenters. The Hall–Kier alpha value is -3.77. The molecule has 184 valence electrons. The number of phenolic OH excluding ortho intramolecular Hbond substituents is 1. The number of nitrogens with zero attached hydrogens (tertiary/aromatic N) is 2. The van der Waals surface area contributed by atoms with Crippen molar-refractivity contribution >= 4 is 22.0 Å². The van der Waals surface area contributed by atoms with Crippen molar-refractivity contribution in [1.82, 2.24) is 15.1 Å². The fourth-order valence-electron chi connectivity index (χ4n) is 5.47. The first kappa shape index (κ1) is 22.7. The summed E-state index contributed by atoms with van der Waals surface area (Å²) in [7, 11) is 0. The lowest BCUT2D eigenvalue weighted by Crippen LogP contribution is -2.34. The zero-order valence-electron chi connectivity index (χ0n) is 20.7. The number of benzene rings is 3. The van der Waals surface area contributed by atoms with Crippen LogP contribution in [-0.4, -0.2) is 45.9 Å². The number of hydrogen-bond acceptors (Lipinski definition) is 5. The maximum absolute atomic E-state index is 10.2. The molecular formula is C30H31N3O3. The van der Waals surface area contributed by atoms with Gasteiger partial charge in [0.25, 0.3) is 0 Å². The molecule has 4 aromatic rings. The Morgan fingerprint density at radius 3 is 2.69 bits per heavy atom. The summed E-state index contributed by atoms with van der Waals surface area (Å²) in [5, 5.41) is 18.5. The number of phenols is 1. The first-order valence-corrected chi connectivity index (χ1v) is 12.7. The molecule has 1 saturated heterocycles. The molecule has 0 spiro atoms. The third-order valence-electron chi connectivity index (χ3n) is 7.49. The molecule has 2 aliphatic rings. The Labute approximate surface area is 211 Å². The summed E-state index contributed by atoms with van der Waals surface area (Å²) in [4.78, 5) is 2.50. The van der Waals surface area contributed by atoms with Gasteiger partial charge in [0.1, 0.15) is 30.0 Å². The van der Waals surface area contributed by atoms with Gasteiger partial charge < -0.3 is 14.6 Å². The van der Waals surface area contributed by atoms with Gasteiger partial charge in [-0.1, -0.05) is 24.3 Å². The third-order valence-corrected chi connectivity index (χ3v) is 7.49. The van der Waals surface area contributed by atoms with Crippen molar-refractivity contribution in [2.75, 3.05) is 19.7 Å². The molecule has 0 saturated carbocycles. The van der Waals surface area contributed by atoms with Crippen LogP contribution in [0, 0.1) is 0 Å². The van der Waals surface area contributed by atoms with Crippen molar-refractivity contribution in [3.8, 4) is 17.2 Å². The van der Waals surface area contributed by atoms with E-state index in [9.17, 15) is 5.11 Å². The maximum atomic E-state index is 10.2. The minimum Gasteiger partial charge on any atom is -0.508 e. The van der Waals surface area contributed by atoms with Gasteiger partial charge in [0.15, 0.2) is 0 Å². The lowest BCUT2D eigenvalue weighted by atomic mass is 9.85. The zero-order valence-corrected chi connectivity index (χ0v) is 20.7. The van der Waals surface area contributed by atoms with E-state index in [-0.39, 0.29) is 11.9 Å². The largest absolute Gasteiger partial charge is 0.508 e. The normalized spacial score (nSPS) is 18.8. The van der Waals surface area contributed by atoms with E-state index >= 15 is 0 Å². The molecule has 2 aliphatic heterocycles. The molecule has 0 aliphatic carbocycles. The number of ether oxygens (including phenoxy) is 2. The zero-order chi connectivity index (χ0) is 24.6. The van der Waals surface area contributed by atoms with Crippen LogP contribution >= 0.6 is 0 Å². The third kappa shape index (κ3) is 4.11. The van der Waals surface area contributed by atoms with Gasteiger partial charge in [-0.15, -0.1) is 0 Å². The Morgan fingerprint density at radius 2 is 1.89 bits per heavy atom. The van der Waals surface area contributed by atoms with Crippen molar-refractivity contribution in [2.24, 2.45) is 0 Å². The predicted octanol–water partition coefficient (Wildman–Crippen LogP) is 6.20. The summed E-state index contributed by atoms with van der Waals surface area (Å²) in [6, 6.07) is 20.1. The van der Waals surface area contributed by atoms with E-state index in [2.05, 4.69) is 47.1 Å². The highest BCUT2D eigenvalue weighted by atomic mass is 16.5. The second-order valence-electron chi connectivity index (χ2n) is 9.83. The first-order chi connectivity index (χ1) is 17.6. The van der Waals surface area contributed by atoms with Crippen LogP contribution < -0.4 is 9.47 Å². The number of H-pyrrole nitrogens is 1. The molecule has 0 radical (unpaired) electrons. The number of aromatic hydroxyl groups is 1. The molecule has 0 amide bonds. The van der Waals surface area contributed by atoms with Crippen LogP contribution in [0.1, 0.15) is 49.5 Å². The average molecular weight is 482 g/mol. The summed E-state index contributed by atoms with van der Waals surface area (Å²) < 4.78 is 12.7. The number of hydrogen-bond donors (Lipinski definition) is 2. The van der Waals surface area contributed by atoms with E-state index < -0.39 is 0 Å².